The lowest BCUT2D eigenvalue weighted by Crippen LogP contribution is -2.29. The molecular formula is C11H12N8O. The molecular weight excluding hydrogens is 260 g/mol. The van der Waals surface area contributed by atoms with Crippen LogP contribution in [0, 0.1) is 0 Å². The van der Waals surface area contributed by atoms with Gasteiger partial charge in [-0.05, 0) is 6.07 Å². The van der Waals surface area contributed by atoms with Crippen molar-refractivity contribution in [2.24, 2.45) is 0 Å². The Labute approximate surface area is 113 Å². The number of nitrogens with one attached hydrogen (secondary N) is 4. The molecule has 0 spiro atoms. The van der Waals surface area contributed by atoms with Crippen molar-refractivity contribution in [2.45, 2.75) is 0 Å². The van der Waals surface area contributed by atoms with Gasteiger partial charge in [0.25, 0.3) is 5.91 Å². The van der Waals surface area contributed by atoms with Crippen molar-refractivity contribution in [1.29, 1.82) is 0 Å². The number of nitrogens with zero attached hydrogens (tertiary/aromatic N) is 4. The molecule has 0 fully saturated rings. The van der Waals surface area contributed by atoms with Gasteiger partial charge in [0.1, 0.15) is 17.5 Å². The molecule has 0 atom stereocenters. The Hall–Kier alpha value is -2.97. The van der Waals surface area contributed by atoms with Crippen molar-refractivity contribution in [3.8, 4) is 0 Å². The van der Waals surface area contributed by atoms with Crippen LogP contribution in [0.15, 0.2) is 24.9 Å². The molecule has 102 valence electrons. The first kappa shape index (κ1) is 12.1. The fraction of sp³-hybridized carbons (Fsp3) is 0.182. The summed E-state index contributed by atoms with van der Waals surface area (Å²) in [5.74, 6) is 0.460. The molecule has 0 unspecified atom stereocenters. The summed E-state index contributed by atoms with van der Waals surface area (Å²) >= 11 is 0. The number of hydrogen-bond donors (Lipinski definition) is 4. The van der Waals surface area contributed by atoms with E-state index in [2.05, 4.69) is 40.8 Å². The quantitative estimate of drug-likeness (QED) is 0.481. The number of amides is 1. The predicted octanol–water partition coefficient (Wildman–Crippen LogP) is -0.0821. The van der Waals surface area contributed by atoms with Gasteiger partial charge in [-0.3, -0.25) is 9.89 Å². The van der Waals surface area contributed by atoms with Crippen molar-refractivity contribution in [1.82, 2.24) is 35.5 Å². The van der Waals surface area contributed by atoms with Gasteiger partial charge in [-0.1, -0.05) is 0 Å². The van der Waals surface area contributed by atoms with Gasteiger partial charge in [0, 0.05) is 19.3 Å². The summed E-state index contributed by atoms with van der Waals surface area (Å²) in [6.07, 6.45) is 4.53. The van der Waals surface area contributed by atoms with Gasteiger partial charge in [-0.2, -0.15) is 5.10 Å². The Bertz CT molecular complexity index is 704. The summed E-state index contributed by atoms with van der Waals surface area (Å²) < 4.78 is 0. The zero-order valence-corrected chi connectivity index (χ0v) is 10.4. The maximum Gasteiger partial charge on any atom is 0.269 e. The lowest BCUT2D eigenvalue weighted by atomic mass is 10.4. The predicted molar refractivity (Wildman–Crippen MR) is 71.1 cm³/mol. The van der Waals surface area contributed by atoms with Crippen LogP contribution >= 0.6 is 0 Å². The number of imidazole rings is 1. The third kappa shape index (κ3) is 2.41. The van der Waals surface area contributed by atoms with Crippen LogP contribution in [0.2, 0.25) is 0 Å². The van der Waals surface area contributed by atoms with E-state index in [0.29, 0.717) is 30.2 Å². The molecule has 3 aromatic rings. The number of rotatable bonds is 5. The second-order valence-electron chi connectivity index (χ2n) is 3.98. The van der Waals surface area contributed by atoms with Gasteiger partial charge >= 0.3 is 0 Å². The van der Waals surface area contributed by atoms with Crippen LogP contribution in [-0.4, -0.2) is 49.1 Å². The number of anilines is 1. The average molecular weight is 272 g/mol. The largest absolute Gasteiger partial charge is 0.366 e. The summed E-state index contributed by atoms with van der Waals surface area (Å²) in [7, 11) is 0. The first-order valence-corrected chi connectivity index (χ1v) is 6.00. The summed E-state index contributed by atoms with van der Waals surface area (Å²) in [6.45, 7) is 0.989. The van der Waals surface area contributed by atoms with Crippen LogP contribution in [0.3, 0.4) is 0 Å². The molecule has 0 bridgehead atoms. The molecule has 3 aromatic heterocycles. The van der Waals surface area contributed by atoms with E-state index >= 15 is 0 Å². The zero-order chi connectivity index (χ0) is 13.8. The van der Waals surface area contributed by atoms with Gasteiger partial charge in [0.15, 0.2) is 11.5 Å². The van der Waals surface area contributed by atoms with Crippen LogP contribution in [0.1, 0.15) is 10.5 Å². The second-order valence-corrected chi connectivity index (χ2v) is 3.98. The van der Waals surface area contributed by atoms with Gasteiger partial charge in [-0.15, -0.1) is 0 Å². The molecule has 0 aliphatic carbocycles. The van der Waals surface area contributed by atoms with Crippen LogP contribution in [0.5, 0.6) is 0 Å². The fourth-order valence-corrected chi connectivity index (χ4v) is 1.73. The molecule has 0 aliphatic heterocycles. The number of H-pyrrole nitrogens is 2. The highest BCUT2D eigenvalue weighted by Gasteiger charge is 2.07. The van der Waals surface area contributed by atoms with Crippen molar-refractivity contribution in [3.63, 3.8) is 0 Å². The number of carbonyl (C=O) groups is 1. The molecule has 3 heterocycles. The molecule has 0 saturated carbocycles. The Kier molecular flexibility index (Phi) is 3.23. The highest BCUT2D eigenvalue weighted by atomic mass is 16.1. The molecule has 9 nitrogen and oxygen atoms in total. The first-order chi connectivity index (χ1) is 9.84. The Balaban J connectivity index is 1.53. The normalized spacial score (nSPS) is 10.6. The minimum atomic E-state index is -0.196. The molecule has 0 aromatic carbocycles. The van der Waals surface area contributed by atoms with E-state index in [4.69, 9.17) is 0 Å². The molecule has 3 rings (SSSR count). The fourth-order valence-electron chi connectivity index (χ4n) is 1.73. The van der Waals surface area contributed by atoms with Crippen molar-refractivity contribution >= 4 is 22.9 Å². The van der Waals surface area contributed by atoms with E-state index in [0.717, 1.165) is 5.52 Å². The van der Waals surface area contributed by atoms with Crippen LogP contribution < -0.4 is 10.6 Å². The maximum absolute atomic E-state index is 11.6. The Morgan fingerprint density at radius 3 is 3.05 bits per heavy atom. The highest BCUT2D eigenvalue weighted by molar-refractivity contribution is 5.92. The molecule has 9 heteroatoms. The van der Waals surface area contributed by atoms with Crippen molar-refractivity contribution < 1.29 is 4.79 Å². The second kappa shape index (κ2) is 5.34. The summed E-state index contributed by atoms with van der Waals surface area (Å²) in [5, 5.41) is 12.2. The van der Waals surface area contributed by atoms with Gasteiger partial charge in [0.2, 0.25) is 0 Å². The van der Waals surface area contributed by atoms with E-state index < -0.39 is 0 Å². The number of aromatic nitrogens is 6. The molecule has 0 aliphatic rings. The van der Waals surface area contributed by atoms with Crippen molar-refractivity contribution in [2.75, 3.05) is 18.4 Å². The van der Waals surface area contributed by atoms with E-state index in [9.17, 15) is 4.79 Å². The minimum absolute atomic E-state index is 0.196. The Morgan fingerprint density at radius 2 is 2.20 bits per heavy atom. The van der Waals surface area contributed by atoms with Crippen LogP contribution in [-0.2, 0) is 0 Å². The number of carbonyl (C=O) groups excluding carboxylic acids is 1. The first-order valence-electron chi connectivity index (χ1n) is 6.00. The number of fused-ring (bicyclic) bond motifs is 1. The monoisotopic (exact) mass is 272 g/mol. The third-order valence-electron chi connectivity index (χ3n) is 2.67. The van der Waals surface area contributed by atoms with E-state index in [1.807, 2.05) is 0 Å². The van der Waals surface area contributed by atoms with Crippen LogP contribution in [0.4, 0.5) is 5.82 Å². The van der Waals surface area contributed by atoms with Crippen LogP contribution in [0.25, 0.3) is 11.2 Å². The number of hydrogen-bond acceptors (Lipinski definition) is 6. The molecule has 20 heavy (non-hydrogen) atoms. The highest BCUT2D eigenvalue weighted by Crippen LogP contribution is 2.13. The zero-order valence-electron chi connectivity index (χ0n) is 10.4. The van der Waals surface area contributed by atoms with Gasteiger partial charge < -0.3 is 15.6 Å². The van der Waals surface area contributed by atoms with Crippen molar-refractivity contribution in [3.05, 3.63) is 30.6 Å². The molecule has 4 N–H and O–H groups in total. The lowest BCUT2D eigenvalue weighted by molar-refractivity contribution is 0.0950. The number of aromatic amines is 2. The summed E-state index contributed by atoms with van der Waals surface area (Å²) in [6, 6.07) is 1.61. The third-order valence-corrected chi connectivity index (χ3v) is 2.67. The topological polar surface area (TPSA) is 124 Å². The van der Waals surface area contributed by atoms with E-state index in [-0.39, 0.29) is 5.91 Å². The SMILES string of the molecule is O=C(NCCNc1ncnc2nc[nH]c12)c1ccn[nH]1. The standard InChI is InChI=1S/C11H12N8O/c20-11(7-1-2-18-19-7)13-4-3-12-9-8-10(15-5-14-8)17-6-16-9/h1-2,5-6H,3-4H2,(H,13,20)(H,18,19)(H2,12,14,15,16,17). The average Bonchev–Trinajstić information content (AvgIpc) is 3.13. The van der Waals surface area contributed by atoms with E-state index in [1.165, 1.54) is 12.5 Å². The Morgan fingerprint density at radius 1 is 1.25 bits per heavy atom. The van der Waals surface area contributed by atoms with E-state index in [1.54, 1.807) is 12.4 Å². The summed E-state index contributed by atoms with van der Waals surface area (Å²) in [5.41, 5.74) is 1.78. The van der Waals surface area contributed by atoms with Gasteiger partial charge in [0.05, 0.1) is 6.33 Å². The maximum atomic E-state index is 11.6. The lowest BCUT2D eigenvalue weighted by Gasteiger charge is -2.06. The minimum Gasteiger partial charge on any atom is -0.366 e. The van der Waals surface area contributed by atoms with Gasteiger partial charge in [-0.25, -0.2) is 15.0 Å². The molecule has 0 saturated heterocycles. The smallest absolute Gasteiger partial charge is 0.269 e. The molecule has 0 radical (unpaired) electrons. The molecule has 1 amide bonds. The summed E-state index contributed by atoms with van der Waals surface area (Å²) in [4.78, 5) is 26.8.